The van der Waals surface area contributed by atoms with Crippen molar-refractivity contribution < 1.29 is 23.1 Å². The van der Waals surface area contributed by atoms with Crippen molar-refractivity contribution in [1.29, 1.82) is 0 Å². The van der Waals surface area contributed by atoms with E-state index in [-0.39, 0.29) is 5.56 Å². The first kappa shape index (κ1) is 15.7. The number of carbonyl (C=O) groups excluding carboxylic acids is 2. The van der Waals surface area contributed by atoms with E-state index in [1.54, 1.807) is 18.2 Å². The number of H-pyrrole nitrogens is 1. The lowest BCUT2D eigenvalue weighted by Crippen LogP contribution is -2.22. The first-order chi connectivity index (χ1) is 11.6. The summed E-state index contributed by atoms with van der Waals surface area (Å²) in [5.74, 6) is -3.37. The summed E-state index contributed by atoms with van der Waals surface area (Å²) in [5.41, 5.74) is 0.448. The predicted octanol–water partition coefficient (Wildman–Crippen LogP) is 3.24. The average Bonchev–Trinajstić information content (AvgIpc) is 3.00. The van der Waals surface area contributed by atoms with Crippen LogP contribution in [-0.2, 0) is 9.53 Å². The molecule has 0 fully saturated rings. The van der Waals surface area contributed by atoms with Gasteiger partial charge in [0.2, 0.25) is 0 Å². The van der Waals surface area contributed by atoms with E-state index in [0.717, 1.165) is 17.6 Å². The van der Waals surface area contributed by atoms with Crippen LogP contribution in [0.5, 0.6) is 0 Å². The van der Waals surface area contributed by atoms with Gasteiger partial charge < -0.3 is 15.0 Å². The average molecular weight is 330 g/mol. The maximum absolute atomic E-state index is 13.4. The highest BCUT2D eigenvalue weighted by Crippen LogP contribution is 2.19. The summed E-state index contributed by atoms with van der Waals surface area (Å²) in [5, 5.41) is 2.70. The Kier molecular flexibility index (Phi) is 4.24. The summed E-state index contributed by atoms with van der Waals surface area (Å²) in [6, 6.07) is 10.3. The number of fused-ring (bicyclic) bond motifs is 1. The summed E-state index contributed by atoms with van der Waals surface area (Å²) in [7, 11) is 0. The zero-order valence-electron chi connectivity index (χ0n) is 12.3. The van der Waals surface area contributed by atoms with Crippen LogP contribution in [0.2, 0.25) is 0 Å². The van der Waals surface area contributed by atoms with Gasteiger partial charge in [0, 0.05) is 17.1 Å². The molecule has 3 rings (SSSR count). The Morgan fingerprint density at radius 3 is 2.50 bits per heavy atom. The molecule has 122 valence electrons. The first-order valence-corrected chi connectivity index (χ1v) is 7.03. The SMILES string of the molecule is O=C(COC(=O)c1c[nH]c2ccccc12)Nc1c(F)cccc1F. The van der Waals surface area contributed by atoms with Gasteiger partial charge in [-0.2, -0.15) is 0 Å². The second-order valence-corrected chi connectivity index (χ2v) is 4.97. The highest BCUT2D eigenvalue weighted by molar-refractivity contribution is 6.05. The van der Waals surface area contributed by atoms with Gasteiger partial charge in [-0.3, -0.25) is 4.79 Å². The van der Waals surface area contributed by atoms with Crippen molar-refractivity contribution in [2.24, 2.45) is 0 Å². The number of para-hydroxylation sites is 2. The number of benzene rings is 2. The third kappa shape index (κ3) is 3.10. The minimum absolute atomic E-state index is 0.274. The largest absolute Gasteiger partial charge is 0.452 e. The number of carbonyl (C=O) groups is 2. The van der Waals surface area contributed by atoms with Crippen LogP contribution in [0.4, 0.5) is 14.5 Å². The second-order valence-electron chi connectivity index (χ2n) is 4.97. The number of hydrogen-bond donors (Lipinski definition) is 2. The molecule has 24 heavy (non-hydrogen) atoms. The van der Waals surface area contributed by atoms with Gasteiger partial charge in [-0.1, -0.05) is 24.3 Å². The molecule has 0 aliphatic carbocycles. The Bertz CT molecular complexity index is 901. The Labute approximate surface area is 135 Å². The van der Waals surface area contributed by atoms with Crippen molar-refractivity contribution in [2.75, 3.05) is 11.9 Å². The molecule has 0 atom stereocenters. The molecule has 0 saturated heterocycles. The number of rotatable bonds is 4. The summed E-state index contributed by atoms with van der Waals surface area (Å²) >= 11 is 0. The Balaban J connectivity index is 1.65. The van der Waals surface area contributed by atoms with Crippen LogP contribution < -0.4 is 5.32 Å². The summed E-state index contributed by atoms with van der Waals surface area (Å²) in [6.45, 7) is -0.661. The van der Waals surface area contributed by atoms with Crippen LogP contribution in [-0.4, -0.2) is 23.5 Å². The summed E-state index contributed by atoms with van der Waals surface area (Å²) in [6.07, 6.45) is 1.47. The predicted molar refractivity (Wildman–Crippen MR) is 83.6 cm³/mol. The zero-order chi connectivity index (χ0) is 17.1. The first-order valence-electron chi connectivity index (χ1n) is 7.03. The fourth-order valence-electron chi connectivity index (χ4n) is 2.24. The summed E-state index contributed by atoms with van der Waals surface area (Å²) in [4.78, 5) is 26.7. The van der Waals surface area contributed by atoms with Gasteiger partial charge in [0.1, 0.15) is 17.3 Å². The number of hydrogen-bond acceptors (Lipinski definition) is 3. The van der Waals surface area contributed by atoms with E-state index in [9.17, 15) is 18.4 Å². The number of aromatic amines is 1. The van der Waals surface area contributed by atoms with Crippen molar-refractivity contribution in [3.05, 3.63) is 65.9 Å². The Morgan fingerprint density at radius 1 is 1.04 bits per heavy atom. The molecule has 0 aliphatic rings. The van der Waals surface area contributed by atoms with Gasteiger partial charge in [0.05, 0.1) is 5.56 Å². The number of halogens is 2. The van der Waals surface area contributed by atoms with E-state index in [4.69, 9.17) is 4.74 Å². The molecular formula is C17H12F2N2O3. The van der Waals surface area contributed by atoms with Crippen LogP contribution in [0.25, 0.3) is 10.9 Å². The standard InChI is InChI=1S/C17H12F2N2O3/c18-12-5-3-6-13(19)16(12)21-15(22)9-24-17(23)11-8-20-14-7-2-1-4-10(11)14/h1-8,20H,9H2,(H,21,22). The van der Waals surface area contributed by atoms with E-state index in [1.165, 1.54) is 12.3 Å². The number of nitrogens with one attached hydrogen (secondary N) is 2. The topological polar surface area (TPSA) is 71.2 Å². The van der Waals surface area contributed by atoms with Gasteiger partial charge in [-0.15, -0.1) is 0 Å². The number of amides is 1. The highest BCUT2D eigenvalue weighted by atomic mass is 19.1. The maximum atomic E-state index is 13.4. The minimum Gasteiger partial charge on any atom is -0.452 e. The minimum atomic E-state index is -0.911. The lowest BCUT2D eigenvalue weighted by Gasteiger charge is -2.08. The van der Waals surface area contributed by atoms with E-state index in [2.05, 4.69) is 4.98 Å². The van der Waals surface area contributed by atoms with Crippen molar-refractivity contribution in [3.63, 3.8) is 0 Å². The molecule has 0 bridgehead atoms. The Morgan fingerprint density at radius 2 is 1.75 bits per heavy atom. The van der Waals surface area contributed by atoms with Crippen molar-refractivity contribution >= 4 is 28.5 Å². The van der Waals surface area contributed by atoms with Crippen molar-refractivity contribution in [3.8, 4) is 0 Å². The van der Waals surface area contributed by atoms with Crippen LogP contribution in [0.1, 0.15) is 10.4 Å². The molecule has 0 spiro atoms. The van der Waals surface area contributed by atoms with Gasteiger partial charge in [0.25, 0.3) is 5.91 Å². The molecule has 5 nitrogen and oxygen atoms in total. The quantitative estimate of drug-likeness (QED) is 0.722. The lowest BCUT2D eigenvalue weighted by atomic mass is 10.2. The normalized spacial score (nSPS) is 10.6. The summed E-state index contributed by atoms with van der Waals surface area (Å²) < 4.78 is 31.8. The molecular weight excluding hydrogens is 318 g/mol. The lowest BCUT2D eigenvalue weighted by molar-refractivity contribution is -0.119. The van der Waals surface area contributed by atoms with Crippen LogP contribution in [0.15, 0.2) is 48.7 Å². The molecule has 2 aromatic carbocycles. The zero-order valence-corrected chi connectivity index (χ0v) is 12.3. The molecule has 2 N–H and O–H groups in total. The molecule has 1 amide bonds. The van der Waals surface area contributed by atoms with Crippen molar-refractivity contribution in [2.45, 2.75) is 0 Å². The third-order valence-corrected chi connectivity index (χ3v) is 3.37. The number of aromatic nitrogens is 1. The fraction of sp³-hybridized carbons (Fsp3) is 0.0588. The monoisotopic (exact) mass is 330 g/mol. The second kappa shape index (κ2) is 6.49. The molecule has 0 saturated carbocycles. The molecule has 1 heterocycles. The number of anilines is 1. The maximum Gasteiger partial charge on any atom is 0.340 e. The van der Waals surface area contributed by atoms with Crippen LogP contribution >= 0.6 is 0 Å². The van der Waals surface area contributed by atoms with Crippen LogP contribution in [0.3, 0.4) is 0 Å². The van der Waals surface area contributed by atoms with Gasteiger partial charge >= 0.3 is 5.97 Å². The molecule has 0 aliphatic heterocycles. The van der Waals surface area contributed by atoms with Crippen molar-refractivity contribution in [1.82, 2.24) is 4.98 Å². The van der Waals surface area contributed by atoms with Gasteiger partial charge in [-0.05, 0) is 18.2 Å². The molecule has 0 unspecified atom stereocenters. The number of ether oxygens (including phenoxy) is 1. The van der Waals surface area contributed by atoms with E-state index >= 15 is 0 Å². The Hall–Kier alpha value is -3.22. The highest BCUT2D eigenvalue weighted by Gasteiger charge is 2.16. The van der Waals surface area contributed by atoms with Gasteiger partial charge in [0.15, 0.2) is 6.61 Å². The molecule has 0 radical (unpaired) electrons. The number of esters is 1. The van der Waals surface area contributed by atoms with Crippen LogP contribution in [0, 0.1) is 11.6 Å². The third-order valence-electron chi connectivity index (χ3n) is 3.37. The van der Waals surface area contributed by atoms with E-state index in [0.29, 0.717) is 5.39 Å². The van der Waals surface area contributed by atoms with Gasteiger partial charge in [-0.25, -0.2) is 13.6 Å². The molecule has 3 aromatic rings. The molecule has 1 aromatic heterocycles. The van der Waals surface area contributed by atoms with E-state index in [1.807, 2.05) is 11.4 Å². The fourth-order valence-corrected chi connectivity index (χ4v) is 2.24. The van der Waals surface area contributed by atoms with E-state index < -0.39 is 35.8 Å². The molecule has 7 heteroatoms. The smallest absolute Gasteiger partial charge is 0.340 e.